The van der Waals surface area contributed by atoms with E-state index < -0.39 is 32.2 Å². The summed E-state index contributed by atoms with van der Waals surface area (Å²) >= 11 is 0. The van der Waals surface area contributed by atoms with E-state index in [4.69, 9.17) is 9.66 Å². The van der Waals surface area contributed by atoms with E-state index in [9.17, 15) is 36.1 Å². The molecule has 16 heteroatoms. The Hall–Kier alpha value is -3.60. The molecule has 0 fully saturated rings. The van der Waals surface area contributed by atoms with E-state index in [1.807, 2.05) is 84.2 Å². The quantitative estimate of drug-likeness (QED) is 0.263. The maximum Gasteiger partial charge on any atom is 0.306 e. The van der Waals surface area contributed by atoms with E-state index in [1.165, 1.54) is 0 Å². The number of aliphatic carboxylic acids is 2. The van der Waals surface area contributed by atoms with Gasteiger partial charge in [0.15, 0.2) is 24.8 Å². The molecule has 2 aromatic heterocycles. The number of carbonyl (C=O) groups excluding carboxylic acids is 1. The van der Waals surface area contributed by atoms with Crippen molar-refractivity contribution < 1.29 is 54.9 Å². The zero-order valence-electron chi connectivity index (χ0n) is 26.2. The summed E-state index contributed by atoms with van der Waals surface area (Å²) < 4.78 is 63.7. The number of nitrogens with zero attached hydrogens (tertiary/aromatic N) is 4. The maximum atomic E-state index is 10.4. The van der Waals surface area contributed by atoms with Gasteiger partial charge in [-0.2, -0.15) is 8.42 Å². The van der Waals surface area contributed by atoms with Crippen LogP contribution in [0, 0.1) is 11.8 Å². The number of carbonyl (C=O) groups is 2. The highest BCUT2D eigenvalue weighted by molar-refractivity contribution is 7.85. The summed E-state index contributed by atoms with van der Waals surface area (Å²) in [6, 6.07) is 11.2. The molecule has 0 bridgehead atoms. The van der Waals surface area contributed by atoms with Crippen molar-refractivity contribution in [3.63, 3.8) is 0 Å². The maximum absolute atomic E-state index is 10.4. The van der Waals surface area contributed by atoms with E-state index in [2.05, 4.69) is 9.98 Å². The molecule has 2 aromatic rings. The summed E-state index contributed by atoms with van der Waals surface area (Å²) in [4.78, 5) is 29.0. The number of carboxylic acids is 2. The molecule has 2 aliphatic rings. The van der Waals surface area contributed by atoms with Gasteiger partial charge >= 0.3 is 5.97 Å². The standard InChI is InChI=1S/2C8H11NO3S.2C7H11NO2/c2*10-13(11,12)8-4-7-9-5-2-1-3-6-9;2*1-5-4-6(7(9)10)2-3-8-5/h2*1-3,5-6H,4,7-8H2;2*6H,2-4H2,1H3,(H,9,10). The Bertz CT molecular complexity index is 1370. The minimum atomic E-state index is -4.06. The van der Waals surface area contributed by atoms with Crippen LogP contribution in [0.25, 0.3) is 0 Å². The number of hydrogen-bond donors (Lipinski definition) is 2. The predicted molar refractivity (Wildman–Crippen MR) is 168 cm³/mol. The Morgan fingerprint density at radius 3 is 1.52 bits per heavy atom. The molecule has 2 N–H and O–H groups in total. The van der Waals surface area contributed by atoms with Gasteiger partial charge in [-0.3, -0.25) is 19.3 Å². The summed E-state index contributed by atoms with van der Waals surface area (Å²) in [6.07, 6.45) is 10.7. The lowest BCUT2D eigenvalue weighted by molar-refractivity contribution is -0.697. The number of aryl methyl sites for hydroxylation is 2. The van der Waals surface area contributed by atoms with Gasteiger partial charge in [0.25, 0.3) is 10.1 Å². The molecule has 0 aromatic carbocycles. The Morgan fingerprint density at radius 1 is 0.783 bits per heavy atom. The van der Waals surface area contributed by atoms with Gasteiger partial charge in [0, 0.05) is 79.3 Å². The van der Waals surface area contributed by atoms with Gasteiger partial charge < -0.3 is 19.6 Å². The van der Waals surface area contributed by atoms with Gasteiger partial charge in [-0.1, -0.05) is 12.1 Å². The molecule has 0 spiro atoms. The van der Waals surface area contributed by atoms with Crippen LogP contribution in [0.2, 0.25) is 0 Å². The minimum absolute atomic E-state index is 0.183. The number of carboxylic acid groups (broad SMARTS) is 2. The van der Waals surface area contributed by atoms with Gasteiger partial charge in [0.1, 0.15) is 13.1 Å². The van der Waals surface area contributed by atoms with Crippen LogP contribution in [-0.4, -0.2) is 79.0 Å². The highest BCUT2D eigenvalue weighted by Gasteiger charge is 2.20. The fourth-order valence-electron chi connectivity index (χ4n) is 4.30. The van der Waals surface area contributed by atoms with Crippen LogP contribution in [0.1, 0.15) is 52.4 Å². The lowest BCUT2D eigenvalue weighted by atomic mass is 9.97. The van der Waals surface area contributed by atoms with Crippen molar-refractivity contribution in [1.82, 2.24) is 0 Å². The van der Waals surface area contributed by atoms with Crippen LogP contribution in [0.15, 0.2) is 71.2 Å². The fourth-order valence-corrected chi connectivity index (χ4v) is 5.28. The Morgan fingerprint density at radius 2 is 1.20 bits per heavy atom. The smallest absolute Gasteiger partial charge is 0.306 e. The van der Waals surface area contributed by atoms with Crippen LogP contribution >= 0.6 is 0 Å². The third-order valence-corrected chi connectivity index (χ3v) is 8.26. The zero-order chi connectivity index (χ0) is 34.6. The Labute approximate surface area is 271 Å². The van der Waals surface area contributed by atoms with Crippen molar-refractivity contribution >= 4 is 43.6 Å². The van der Waals surface area contributed by atoms with Crippen molar-refractivity contribution in [2.45, 2.75) is 65.5 Å². The SMILES string of the molecule is CC1=NCCC(C(=O)O)C1.CC1=NCCC(C(=O)[O-])C1.O=S(=O)(O)CCC[n+]1ccccc1.O=S(=O)([O-])CCC[n+]1ccccc1. The highest BCUT2D eigenvalue weighted by atomic mass is 32.2. The van der Waals surface area contributed by atoms with Crippen molar-refractivity contribution in [3.8, 4) is 0 Å². The molecular weight excluding hydrogens is 640 g/mol. The molecule has 0 aliphatic carbocycles. The summed E-state index contributed by atoms with van der Waals surface area (Å²) in [5.41, 5.74) is 1.90. The lowest BCUT2D eigenvalue weighted by Gasteiger charge is -2.20. The van der Waals surface area contributed by atoms with E-state index in [1.54, 1.807) is 0 Å². The van der Waals surface area contributed by atoms with Crippen LogP contribution in [0.4, 0.5) is 0 Å². The molecule has 2 aliphatic heterocycles. The molecule has 4 rings (SSSR count). The number of rotatable bonds is 10. The van der Waals surface area contributed by atoms with Crippen molar-refractivity contribution in [3.05, 3.63) is 61.2 Å². The van der Waals surface area contributed by atoms with Crippen molar-refractivity contribution in [2.75, 3.05) is 24.6 Å². The third-order valence-electron chi connectivity index (χ3n) is 6.67. The first-order valence-corrected chi connectivity index (χ1v) is 17.9. The topological polar surface area (TPSA) is 221 Å². The Balaban J connectivity index is 0.000000309. The molecule has 0 amide bonds. The van der Waals surface area contributed by atoms with Crippen LogP contribution in [0.3, 0.4) is 0 Å². The largest absolute Gasteiger partial charge is 0.748 e. The highest BCUT2D eigenvalue weighted by Crippen LogP contribution is 2.15. The monoisotopic (exact) mass is 684 g/mol. The molecule has 0 saturated carbocycles. The van der Waals surface area contributed by atoms with E-state index in [-0.39, 0.29) is 23.3 Å². The number of hydrogen-bond acceptors (Lipinski definition) is 10. The normalized spacial score (nSPS) is 17.7. The summed E-state index contributed by atoms with van der Waals surface area (Å²) in [5.74, 6) is -2.58. The van der Waals surface area contributed by atoms with Crippen LogP contribution in [0.5, 0.6) is 0 Å². The molecular formula is C30H44N4O10S2. The molecule has 2 atom stereocenters. The molecule has 0 saturated heterocycles. The molecule has 256 valence electrons. The third kappa shape index (κ3) is 21.2. The van der Waals surface area contributed by atoms with E-state index in [0.717, 1.165) is 11.4 Å². The predicted octanol–water partition coefficient (Wildman–Crippen LogP) is 0.711. The first-order valence-electron chi connectivity index (χ1n) is 14.8. The van der Waals surface area contributed by atoms with Gasteiger partial charge in [0.05, 0.1) is 21.8 Å². The van der Waals surface area contributed by atoms with Gasteiger partial charge in [0.2, 0.25) is 0 Å². The van der Waals surface area contributed by atoms with Crippen molar-refractivity contribution in [2.24, 2.45) is 21.8 Å². The minimum Gasteiger partial charge on any atom is -0.748 e. The molecule has 14 nitrogen and oxygen atoms in total. The van der Waals surface area contributed by atoms with Gasteiger partial charge in [-0.25, -0.2) is 17.6 Å². The Kier molecular flexibility index (Phi) is 18.7. The molecule has 2 unspecified atom stereocenters. The zero-order valence-corrected chi connectivity index (χ0v) is 27.8. The van der Waals surface area contributed by atoms with E-state index in [0.29, 0.717) is 64.7 Å². The van der Waals surface area contributed by atoms with Crippen LogP contribution < -0.4 is 14.2 Å². The summed E-state index contributed by atoms with van der Waals surface area (Å²) in [7, 11) is -7.87. The summed E-state index contributed by atoms with van der Waals surface area (Å²) in [5, 5.41) is 18.9. The van der Waals surface area contributed by atoms with Gasteiger partial charge in [-0.15, -0.1) is 0 Å². The van der Waals surface area contributed by atoms with Gasteiger partial charge in [-0.05, 0) is 39.5 Å². The van der Waals surface area contributed by atoms with Crippen molar-refractivity contribution in [1.29, 1.82) is 0 Å². The molecule has 0 radical (unpaired) electrons. The number of aliphatic imine (C=N–C) groups is 2. The van der Waals surface area contributed by atoms with Crippen LogP contribution in [-0.2, 0) is 42.9 Å². The fraction of sp³-hybridized carbons (Fsp3) is 0.533. The van der Waals surface area contributed by atoms with E-state index >= 15 is 0 Å². The molecule has 46 heavy (non-hydrogen) atoms. The average Bonchev–Trinajstić information content (AvgIpc) is 2.98. The number of aromatic nitrogens is 2. The molecule has 4 heterocycles. The first kappa shape index (κ1) is 40.4. The first-order chi connectivity index (χ1) is 21.6. The second-order valence-corrected chi connectivity index (χ2v) is 13.8. The lowest BCUT2D eigenvalue weighted by Crippen LogP contribution is -2.34. The number of pyridine rings is 2. The second-order valence-electron chi connectivity index (χ2n) is 10.8. The second kappa shape index (κ2) is 21.2. The summed E-state index contributed by atoms with van der Waals surface area (Å²) in [6.45, 7) is 6.22. The average molecular weight is 685 g/mol.